The summed E-state index contributed by atoms with van der Waals surface area (Å²) in [7, 11) is 1.59. The molecule has 1 aromatic carbocycles. The van der Waals surface area contributed by atoms with Crippen molar-refractivity contribution in [3.8, 4) is 5.75 Å². The Hall–Kier alpha value is -2.30. The molecule has 1 aromatic rings. The largest absolute Gasteiger partial charge is 0.497 e. The average molecular weight is 280 g/mol. The quantitative estimate of drug-likeness (QED) is 0.678. The zero-order chi connectivity index (χ0) is 15.5. The molecule has 5 nitrogen and oxygen atoms in total. The van der Waals surface area contributed by atoms with Gasteiger partial charge in [0, 0.05) is 13.0 Å². The third-order valence-electron chi connectivity index (χ3n) is 1.94. The molecule has 0 aliphatic carbocycles. The van der Waals surface area contributed by atoms with Gasteiger partial charge in [0.05, 0.1) is 13.2 Å². The molecule has 0 aliphatic rings. The topological polar surface area (TPSA) is 72.8 Å². The SMILES string of the molecule is CC(=O)OC(C)C.COc1ccc(C=CC(=O)O)cc1. The Morgan fingerprint density at radius 3 is 2.05 bits per heavy atom. The molecule has 20 heavy (non-hydrogen) atoms. The van der Waals surface area contributed by atoms with E-state index in [1.165, 1.54) is 13.0 Å². The second-order valence-electron chi connectivity index (χ2n) is 4.10. The van der Waals surface area contributed by atoms with Gasteiger partial charge in [-0.1, -0.05) is 12.1 Å². The van der Waals surface area contributed by atoms with Crippen LogP contribution in [0.1, 0.15) is 26.3 Å². The van der Waals surface area contributed by atoms with Crippen LogP contribution in [0.5, 0.6) is 5.75 Å². The van der Waals surface area contributed by atoms with Crippen LogP contribution in [0.4, 0.5) is 0 Å². The molecule has 0 heterocycles. The number of carbonyl (C=O) groups excluding carboxylic acids is 1. The standard InChI is InChI=1S/C10H10O3.C5H10O2/c1-13-9-5-2-8(3-6-9)4-7-10(11)12;1-4(2)7-5(3)6/h2-7H,1H3,(H,11,12);4H,1-3H3. The van der Waals surface area contributed by atoms with Crippen molar-refractivity contribution in [2.24, 2.45) is 0 Å². The predicted octanol–water partition coefficient (Wildman–Crippen LogP) is 2.75. The first kappa shape index (κ1) is 17.7. The first-order valence-corrected chi connectivity index (χ1v) is 6.07. The highest BCUT2D eigenvalue weighted by Crippen LogP contribution is 2.11. The first-order chi connectivity index (χ1) is 9.35. The molecular weight excluding hydrogens is 260 g/mol. The van der Waals surface area contributed by atoms with Gasteiger partial charge in [0.15, 0.2) is 0 Å². The molecule has 0 fully saturated rings. The molecule has 0 bridgehead atoms. The zero-order valence-corrected chi connectivity index (χ0v) is 12.1. The number of carbonyl (C=O) groups is 2. The lowest BCUT2D eigenvalue weighted by Crippen LogP contribution is -2.06. The zero-order valence-electron chi connectivity index (χ0n) is 12.1. The molecule has 5 heteroatoms. The van der Waals surface area contributed by atoms with Gasteiger partial charge < -0.3 is 14.6 Å². The van der Waals surface area contributed by atoms with Gasteiger partial charge in [-0.2, -0.15) is 0 Å². The van der Waals surface area contributed by atoms with Crippen LogP contribution in [-0.4, -0.2) is 30.3 Å². The van der Waals surface area contributed by atoms with E-state index in [0.29, 0.717) is 0 Å². The summed E-state index contributed by atoms with van der Waals surface area (Å²) in [6.45, 7) is 5.04. The summed E-state index contributed by atoms with van der Waals surface area (Å²) in [4.78, 5) is 20.2. The summed E-state index contributed by atoms with van der Waals surface area (Å²) >= 11 is 0. The molecular formula is C15H20O5. The van der Waals surface area contributed by atoms with Crippen molar-refractivity contribution in [2.75, 3.05) is 7.11 Å². The molecule has 0 saturated carbocycles. The van der Waals surface area contributed by atoms with E-state index in [1.54, 1.807) is 31.4 Å². The summed E-state index contributed by atoms with van der Waals surface area (Å²) in [6.07, 6.45) is 2.65. The number of hydrogen-bond acceptors (Lipinski definition) is 4. The minimum absolute atomic E-state index is 0.0255. The van der Waals surface area contributed by atoms with E-state index in [0.717, 1.165) is 17.4 Å². The summed E-state index contributed by atoms with van der Waals surface area (Å²) in [6, 6.07) is 7.14. The van der Waals surface area contributed by atoms with Crippen molar-refractivity contribution in [3.63, 3.8) is 0 Å². The number of methoxy groups -OCH3 is 1. The number of carboxylic acid groups (broad SMARTS) is 1. The lowest BCUT2D eigenvalue weighted by Gasteiger charge is -2.01. The minimum Gasteiger partial charge on any atom is -0.497 e. The third-order valence-corrected chi connectivity index (χ3v) is 1.94. The Bertz CT molecular complexity index is 446. The number of benzene rings is 1. The monoisotopic (exact) mass is 280 g/mol. The van der Waals surface area contributed by atoms with Gasteiger partial charge in [-0.05, 0) is 37.6 Å². The second kappa shape index (κ2) is 9.61. The van der Waals surface area contributed by atoms with Gasteiger partial charge in [-0.3, -0.25) is 4.79 Å². The van der Waals surface area contributed by atoms with E-state index in [1.807, 2.05) is 13.8 Å². The molecule has 0 aromatic heterocycles. The maximum Gasteiger partial charge on any atom is 0.328 e. The third kappa shape index (κ3) is 9.70. The molecule has 0 saturated heterocycles. The Balaban J connectivity index is 0.000000441. The lowest BCUT2D eigenvalue weighted by atomic mass is 10.2. The molecule has 0 atom stereocenters. The number of rotatable bonds is 4. The van der Waals surface area contributed by atoms with Crippen LogP contribution in [0, 0.1) is 0 Å². The summed E-state index contributed by atoms with van der Waals surface area (Å²) < 4.78 is 9.57. The van der Waals surface area contributed by atoms with E-state index in [4.69, 9.17) is 9.84 Å². The van der Waals surface area contributed by atoms with E-state index in [2.05, 4.69) is 4.74 Å². The fourth-order valence-electron chi connectivity index (χ4n) is 1.21. The van der Waals surface area contributed by atoms with Crippen LogP contribution < -0.4 is 4.74 Å². The molecule has 110 valence electrons. The maximum atomic E-state index is 10.2. The molecule has 0 aliphatic heterocycles. The van der Waals surface area contributed by atoms with Gasteiger partial charge in [-0.25, -0.2) is 4.79 Å². The summed E-state index contributed by atoms with van der Waals surface area (Å²) in [5.74, 6) is -0.404. The highest BCUT2D eigenvalue weighted by atomic mass is 16.5. The lowest BCUT2D eigenvalue weighted by molar-refractivity contribution is -0.144. The molecule has 0 unspecified atom stereocenters. The van der Waals surface area contributed by atoms with Crippen molar-refractivity contribution < 1.29 is 24.2 Å². The Kier molecular flexibility index (Phi) is 8.50. The van der Waals surface area contributed by atoms with E-state index >= 15 is 0 Å². The predicted molar refractivity (Wildman–Crippen MR) is 76.6 cm³/mol. The number of hydrogen-bond donors (Lipinski definition) is 1. The van der Waals surface area contributed by atoms with E-state index < -0.39 is 5.97 Å². The molecule has 0 spiro atoms. The van der Waals surface area contributed by atoms with Crippen molar-refractivity contribution in [1.82, 2.24) is 0 Å². The second-order valence-corrected chi connectivity index (χ2v) is 4.10. The maximum absolute atomic E-state index is 10.2. The van der Waals surface area contributed by atoms with Gasteiger partial charge in [-0.15, -0.1) is 0 Å². The van der Waals surface area contributed by atoms with Crippen molar-refractivity contribution >= 4 is 18.0 Å². The molecule has 0 radical (unpaired) electrons. The summed E-state index contributed by atoms with van der Waals surface area (Å²) in [5, 5.41) is 8.36. The normalized spacial score (nSPS) is 9.85. The number of esters is 1. The minimum atomic E-state index is -0.948. The van der Waals surface area contributed by atoms with Crippen LogP contribution in [0.25, 0.3) is 6.08 Å². The first-order valence-electron chi connectivity index (χ1n) is 6.07. The van der Waals surface area contributed by atoms with Crippen LogP contribution in [0.15, 0.2) is 30.3 Å². The highest BCUT2D eigenvalue weighted by molar-refractivity contribution is 5.85. The number of carboxylic acids is 1. The smallest absolute Gasteiger partial charge is 0.328 e. The van der Waals surface area contributed by atoms with Crippen LogP contribution in [-0.2, 0) is 14.3 Å². The van der Waals surface area contributed by atoms with Gasteiger partial charge in [0.2, 0.25) is 0 Å². The Labute approximate surface area is 118 Å². The summed E-state index contributed by atoms with van der Waals surface area (Å²) in [5.41, 5.74) is 0.836. The van der Waals surface area contributed by atoms with Crippen molar-refractivity contribution in [1.29, 1.82) is 0 Å². The van der Waals surface area contributed by atoms with E-state index in [9.17, 15) is 9.59 Å². The Morgan fingerprint density at radius 2 is 1.75 bits per heavy atom. The van der Waals surface area contributed by atoms with Gasteiger partial charge >= 0.3 is 11.9 Å². The number of aliphatic carboxylic acids is 1. The average Bonchev–Trinajstić information content (AvgIpc) is 2.36. The van der Waals surface area contributed by atoms with Crippen molar-refractivity contribution in [3.05, 3.63) is 35.9 Å². The molecule has 1 rings (SSSR count). The van der Waals surface area contributed by atoms with Gasteiger partial charge in [0.1, 0.15) is 5.75 Å². The fourth-order valence-corrected chi connectivity index (χ4v) is 1.21. The van der Waals surface area contributed by atoms with Gasteiger partial charge in [0.25, 0.3) is 0 Å². The van der Waals surface area contributed by atoms with E-state index in [-0.39, 0.29) is 12.1 Å². The Morgan fingerprint density at radius 1 is 1.20 bits per heavy atom. The highest BCUT2D eigenvalue weighted by Gasteiger charge is 1.93. The van der Waals surface area contributed by atoms with Crippen LogP contribution in [0.3, 0.4) is 0 Å². The van der Waals surface area contributed by atoms with Crippen LogP contribution >= 0.6 is 0 Å². The number of ether oxygens (including phenoxy) is 2. The van der Waals surface area contributed by atoms with Crippen molar-refractivity contribution in [2.45, 2.75) is 26.9 Å². The van der Waals surface area contributed by atoms with Crippen LogP contribution in [0.2, 0.25) is 0 Å². The molecule has 0 amide bonds. The fraction of sp³-hybridized carbons (Fsp3) is 0.333. The molecule has 1 N–H and O–H groups in total.